The minimum absolute atomic E-state index is 0.0138. The van der Waals surface area contributed by atoms with Gasteiger partial charge in [0.25, 0.3) is 0 Å². The number of hydrogen-bond donors (Lipinski definition) is 2. The molecule has 7 saturated carbocycles. The second-order valence-electron chi connectivity index (χ2n) is 10.7. The van der Waals surface area contributed by atoms with Crippen LogP contribution in [0, 0.1) is 39.9 Å². The van der Waals surface area contributed by atoms with Gasteiger partial charge < -0.3 is 10.2 Å². The average Bonchev–Trinajstić information content (AvgIpc) is 2.43. The summed E-state index contributed by atoms with van der Waals surface area (Å²) >= 11 is 0. The lowest BCUT2D eigenvalue weighted by molar-refractivity contribution is -0.306. The maximum absolute atomic E-state index is 12.6. The summed E-state index contributed by atoms with van der Waals surface area (Å²) in [5.74, 6) is 2.25. The Hall–Kier alpha value is -0.410. The molecular formula is C20H30O3. The molecule has 7 aliphatic rings. The number of Topliss-reactive ketones (excluding diaryl/α,β-unsaturated/α-hetero) is 1. The van der Waals surface area contributed by atoms with Crippen LogP contribution in [0.3, 0.4) is 0 Å². The molecule has 2 N–H and O–H groups in total. The highest BCUT2D eigenvalue weighted by Gasteiger charge is 2.74. The van der Waals surface area contributed by atoms with Crippen molar-refractivity contribution in [1.82, 2.24) is 0 Å². The molecular weight excluding hydrogens is 288 g/mol. The molecule has 0 aromatic rings. The Balaban J connectivity index is 1.58. The van der Waals surface area contributed by atoms with Crippen LogP contribution in [-0.4, -0.2) is 27.7 Å². The molecule has 3 heteroatoms. The van der Waals surface area contributed by atoms with E-state index in [1.165, 1.54) is 12.8 Å². The first-order valence-electron chi connectivity index (χ1n) is 9.56. The molecule has 0 aromatic carbocycles. The van der Waals surface area contributed by atoms with Crippen LogP contribution in [0.2, 0.25) is 0 Å². The number of fused-ring (bicyclic) bond motifs is 1. The van der Waals surface area contributed by atoms with Crippen molar-refractivity contribution in [3.05, 3.63) is 0 Å². The predicted molar refractivity (Wildman–Crippen MR) is 86.6 cm³/mol. The number of ketones is 1. The van der Waals surface area contributed by atoms with E-state index in [1.54, 1.807) is 0 Å². The highest BCUT2D eigenvalue weighted by atomic mass is 16.3. The first-order chi connectivity index (χ1) is 10.6. The van der Waals surface area contributed by atoms with E-state index in [4.69, 9.17) is 0 Å². The van der Waals surface area contributed by atoms with Gasteiger partial charge >= 0.3 is 0 Å². The minimum Gasteiger partial charge on any atom is -0.390 e. The first kappa shape index (κ1) is 14.9. The van der Waals surface area contributed by atoms with Crippen LogP contribution in [0.4, 0.5) is 0 Å². The molecule has 3 nitrogen and oxygen atoms in total. The lowest BCUT2D eigenvalue weighted by atomic mass is 9.30. The van der Waals surface area contributed by atoms with Gasteiger partial charge in [0.15, 0.2) is 5.78 Å². The highest BCUT2D eigenvalue weighted by Crippen LogP contribution is 2.77. The highest BCUT2D eigenvalue weighted by molar-refractivity contribution is 5.85. The Bertz CT molecular complexity index is 598. The van der Waals surface area contributed by atoms with Gasteiger partial charge in [-0.1, -0.05) is 20.8 Å². The van der Waals surface area contributed by atoms with Gasteiger partial charge in [-0.2, -0.15) is 0 Å². The van der Waals surface area contributed by atoms with Gasteiger partial charge in [0.1, 0.15) is 6.10 Å². The van der Waals surface area contributed by atoms with E-state index in [1.807, 2.05) is 0 Å². The normalized spacial score (nSPS) is 62.3. The van der Waals surface area contributed by atoms with Gasteiger partial charge in [0.05, 0.1) is 5.60 Å². The Morgan fingerprint density at radius 2 is 1.87 bits per heavy atom. The van der Waals surface area contributed by atoms with Crippen LogP contribution in [0.25, 0.3) is 0 Å². The first-order valence-corrected chi connectivity index (χ1v) is 9.56. The number of rotatable bonds is 0. The van der Waals surface area contributed by atoms with Crippen molar-refractivity contribution < 1.29 is 15.0 Å². The van der Waals surface area contributed by atoms with E-state index in [0.29, 0.717) is 24.2 Å². The molecule has 4 bridgehead atoms. The number of aliphatic hydroxyl groups is 2. The van der Waals surface area contributed by atoms with Gasteiger partial charge in [-0.15, -0.1) is 0 Å². The van der Waals surface area contributed by atoms with Crippen molar-refractivity contribution in [3.8, 4) is 0 Å². The zero-order chi connectivity index (χ0) is 16.4. The van der Waals surface area contributed by atoms with Crippen molar-refractivity contribution in [3.63, 3.8) is 0 Å². The SMILES string of the molecule is CC1(C)[C@H](O)C(=O)C[C@]2(C)[C@@H]1CC[C@]13CC4C[C@](O)(C1)[C@@H]4C[C@H]32. The molecule has 0 radical (unpaired) electrons. The molecule has 128 valence electrons. The van der Waals surface area contributed by atoms with Gasteiger partial charge in [-0.05, 0) is 73.0 Å². The van der Waals surface area contributed by atoms with Crippen LogP contribution >= 0.6 is 0 Å². The third-order valence-electron chi connectivity index (χ3n) is 9.42. The van der Waals surface area contributed by atoms with E-state index < -0.39 is 6.10 Å². The quantitative estimate of drug-likeness (QED) is 0.722. The fourth-order valence-corrected chi connectivity index (χ4v) is 8.71. The summed E-state index contributed by atoms with van der Waals surface area (Å²) in [7, 11) is 0. The van der Waals surface area contributed by atoms with Crippen LogP contribution in [0.15, 0.2) is 0 Å². The summed E-state index contributed by atoms with van der Waals surface area (Å²) in [6.45, 7) is 6.54. The van der Waals surface area contributed by atoms with Crippen LogP contribution in [-0.2, 0) is 4.79 Å². The Kier molecular flexibility index (Phi) is 2.51. The van der Waals surface area contributed by atoms with Gasteiger partial charge in [0.2, 0.25) is 0 Å². The summed E-state index contributed by atoms with van der Waals surface area (Å²) in [5.41, 5.74) is -0.408. The van der Waals surface area contributed by atoms with Crippen molar-refractivity contribution in [1.29, 1.82) is 0 Å². The van der Waals surface area contributed by atoms with Crippen molar-refractivity contribution in [2.24, 2.45) is 39.9 Å². The Morgan fingerprint density at radius 1 is 1.13 bits per heavy atom. The second-order valence-corrected chi connectivity index (χ2v) is 10.7. The van der Waals surface area contributed by atoms with Gasteiger partial charge in [-0.3, -0.25) is 4.79 Å². The van der Waals surface area contributed by atoms with E-state index >= 15 is 0 Å². The summed E-state index contributed by atoms with van der Waals surface area (Å²) < 4.78 is 0. The van der Waals surface area contributed by atoms with Crippen molar-refractivity contribution in [2.75, 3.05) is 0 Å². The number of aliphatic hydroxyl groups excluding tert-OH is 1. The van der Waals surface area contributed by atoms with Crippen LogP contribution in [0.1, 0.15) is 65.7 Å². The third-order valence-corrected chi connectivity index (χ3v) is 9.42. The summed E-state index contributed by atoms with van der Waals surface area (Å²) in [6, 6.07) is 0. The number of carbonyl (C=O) groups is 1. The topological polar surface area (TPSA) is 57.5 Å². The van der Waals surface area contributed by atoms with Crippen molar-refractivity contribution >= 4 is 5.78 Å². The summed E-state index contributed by atoms with van der Waals surface area (Å²) in [6.07, 6.45) is 6.45. The summed E-state index contributed by atoms with van der Waals surface area (Å²) in [4.78, 5) is 12.6. The molecule has 1 spiro atoms. The molecule has 0 heterocycles. The van der Waals surface area contributed by atoms with Crippen LogP contribution < -0.4 is 0 Å². The van der Waals surface area contributed by atoms with E-state index in [9.17, 15) is 15.0 Å². The molecule has 7 fully saturated rings. The standard InChI is InChI=1S/C20H30O3/c1-17(2)14-4-5-19-7-11-8-20(23,10-19)12(11)6-15(19)18(14,3)9-13(21)16(17)22/h11-12,14-16,22-23H,4-10H2,1-3H3/t11?,12-,14-,15+,16-,18-,19+,20+/m1/s1. The van der Waals surface area contributed by atoms with E-state index in [2.05, 4.69) is 20.8 Å². The molecule has 7 rings (SSSR count). The Labute approximate surface area is 138 Å². The number of hydrogen-bond acceptors (Lipinski definition) is 3. The fraction of sp³-hybridized carbons (Fsp3) is 0.950. The number of carbonyl (C=O) groups excluding carboxylic acids is 1. The fourth-order valence-electron chi connectivity index (χ4n) is 8.71. The second kappa shape index (κ2) is 3.88. The summed E-state index contributed by atoms with van der Waals surface area (Å²) in [5, 5.41) is 21.4. The monoisotopic (exact) mass is 318 g/mol. The largest absolute Gasteiger partial charge is 0.390 e. The molecule has 8 atom stereocenters. The Morgan fingerprint density at radius 3 is 2.57 bits per heavy atom. The maximum atomic E-state index is 12.6. The zero-order valence-electron chi connectivity index (χ0n) is 14.6. The lowest BCUT2D eigenvalue weighted by Crippen LogP contribution is -2.73. The third kappa shape index (κ3) is 1.49. The average molecular weight is 318 g/mol. The minimum atomic E-state index is -0.798. The molecule has 0 aliphatic heterocycles. The zero-order valence-corrected chi connectivity index (χ0v) is 14.6. The smallest absolute Gasteiger partial charge is 0.162 e. The maximum Gasteiger partial charge on any atom is 0.162 e. The predicted octanol–water partition coefficient (Wildman–Crippen LogP) is 2.93. The lowest BCUT2D eigenvalue weighted by Gasteiger charge is -2.76. The van der Waals surface area contributed by atoms with E-state index in [-0.39, 0.29) is 27.6 Å². The molecule has 0 amide bonds. The molecule has 1 unspecified atom stereocenters. The van der Waals surface area contributed by atoms with Crippen molar-refractivity contribution in [2.45, 2.75) is 77.4 Å². The molecule has 23 heavy (non-hydrogen) atoms. The van der Waals surface area contributed by atoms with Crippen LogP contribution in [0.5, 0.6) is 0 Å². The molecule has 7 aliphatic carbocycles. The van der Waals surface area contributed by atoms with E-state index in [0.717, 1.165) is 31.6 Å². The van der Waals surface area contributed by atoms with Gasteiger partial charge in [0, 0.05) is 11.8 Å². The molecule has 0 saturated heterocycles. The molecule has 0 aromatic heterocycles. The van der Waals surface area contributed by atoms with Gasteiger partial charge in [-0.25, -0.2) is 0 Å².